The molecule has 0 saturated carbocycles. The summed E-state index contributed by atoms with van der Waals surface area (Å²) in [6.07, 6.45) is 11.8. The maximum absolute atomic E-state index is 13.5. The van der Waals surface area contributed by atoms with Gasteiger partial charge in [0.1, 0.15) is 22.8 Å². The topological polar surface area (TPSA) is 83.3 Å². The Kier molecular flexibility index (Phi) is 6.21. The van der Waals surface area contributed by atoms with E-state index >= 15 is 0 Å². The van der Waals surface area contributed by atoms with Crippen molar-refractivity contribution in [2.24, 2.45) is 0 Å². The summed E-state index contributed by atoms with van der Waals surface area (Å²) in [6, 6.07) is 7.37. The van der Waals surface area contributed by atoms with E-state index in [1.807, 2.05) is 44.2 Å². The number of aromatic nitrogens is 3. The first-order valence-electron chi connectivity index (χ1n) is 11.2. The molecule has 0 bridgehead atoms. The minimum absolute atomic E-state index is 0.0221. The first-order chi connectivity index (χ1) is 16.9. The average molecular weight is 532 g/mol. The van der Waals surface area contributed by atoms with Crippen molar-refractivity contribution in [3.05, 3.63) is 116 Å². The third kappa shape index (κ3) is 4.61. The standard InChI is InChI=1S/C27H22BrN3O4/c1-16-11-20-25(32)21(26(33)23-15-34-14-22(35-23)18-7-4-3-5-8-18)13-31(27(20)29-17(16)2)12-19-9-6-10-24(28)30-19/h3-4,6-7,9-11,13-15H,5,8,12H2,1-2H3. The van der Waals surface area contributed by atoms with E-state index in [0.29, 0.717) is 27.9 Å². The van der Waals surface area contributed by atoms with Gasteiger partial charge in [-0.15, -0.1) is 0 Å². The fraction of sp³-hybridized carbons (Fsp3) is 0.185. The molecule has 8 heteroatoms. The molecule has 0 radical (unpaired) electrons. The number of hydrogen-bond acceptors (Lipinski definition) is 6. The van der Waals surface area contributed by atoms with Gasteiger partial charge in [-0.2, -0.15) is 0 Å². The Balaban J connectivity index is 1.57. The van der Waals surface area contributed by atoms with E-state index in [-0.39, 0.29) is 11.3 Å². The second-order valence-electron chi connectivity index (χ2n) is 8.40. The first-order valence-corrected chi connectivity index (χ1v) is 12.0. The van der Waals surface area contributed by atoms with Crippen LogP contribution in [-0.4, -0.2) is 20.3 Å². The molecule has 5 rings (SSSR count). The molecular formula is C27H22BrN3O4. The minimum atomic E-state index is -0.552. The molecular weight excluding hydrogens is 510 g/mol. The molecule has 0 N–H and O–H groups in total. The van der Waals surface area contributed by atoms with Crippen LogP contribution in [0.1, 0.15) is 40.2 Å². The lowest BCUT2D eigenvalue weighted by atomic mass is 10.0. The lowest BCUT2D eigenvalue weighted by Crippen LogP contribution is -2.23. The molecule has 3 aromatic rings. The molecule has 3 aromatic heterocycles. The molecule has 1 aliphatic heterocycles. The fourth-order valence-corrected chi connectivity index (χ4v) is 4.38. The summed E-state index contributed by atoms with van der Waals surface area (Å²) in [6.45, 7) is 4.10. The normalized spacial score (nSPS) is 15.1. The number of carbonyl (C=O) groups is 1. The molecule has 176 valence electrons. The molecule has 0 atom stereocenters. The van der Waals surface area contributed by atoms with E-state index < -0.39 is 11.2 Å². The molecule has 0 amide bonds. The molecule has 4 heterocycles. The predicted molar refractivity (Wildman–Crippen MR) is 136 cm³/mol. The first kappa shape index (κ1) is 23.0. The second-order valence-corrected chi connectivity index (χ2v) is 9.22. The fourth-order valence-electron chi connectivity index (χ4n) is 4.00. The Bertz CT molecular complexity index is 1550. The van der Waals surface area contributed by atoms with E-state index in [9.17, 15) is 9.59 Å². The Morgan fingerprint density at radius 1 is 1.20 bits per heavy atom. The zero-order chi connectivity index (χ0) is 24.5. The molecule has 1 aliphatic carbocycles. The summed E-state index contributed by atoms with van der Waals surface area (Å²) in [5.74, 6) is -0.130. The van der Waals surface area contributed by atoms with Gasteiger partial charge >= 0.3 is 0 Å². The number of carbonyl (C=O) groups excluding carboxylic acids is 1. The van der Waals surface area contributed by atoms with Crippen LogP contribution >= 0.6 is 15.9 Å². The van der Waals surface area contributed by atoms with Crippen molar-refractivity contribution in [2.45, 2.75) is 33.2 Å². The molecule has 0 fully saturated rings. The predicted octanol–water partition coefficient (Wildman–Crippen LogP) is 5.41. The number of ether oxygens (including phenoxy) is 2. The third-order valence-electron chi connectivity index (χ3n) is 5.97. The van der Waals surface area contributed by atoms with E-state index in [1.165, 1.54) is 18.7 Å². The molecule has 0 spiro atoms. The van der Waals surface area contributed by atoms with Crippen LogP contribution in [0.4, 0.5) is 0 Å². The van der Waals surface area contributed by atoms with Gasteiger partial charge in [-0.3, -0.25) is 9.59 Å². The van der Waals surface area contributed by atoms with Gasteiger partial charge in [-0.05, 0) is 72.0 Å². The average Bonchev–Trinajstić information content (AvgIpc) is 2.87. The monoisotopic (exact) mass is 531 g/mol. The highest BCUT2D eigenvalue weighted by Crippen LogP contribution is 2.27. The highest BCUT2D eigenvalue weighted by molar-refractivity contribution is 9.10. The molecule has 35 heavy (non-hydrogen) atoms. The quantitative estimate of drug-likeness (QED) is 0.323. The van der Waals surface area contributed by atoms with Crippen molar-refractivity contribution in [2.75, 3.05) is 0 Å². The van der Waals surface area contributed by atoms with Gasteiger partial charge in [-0.25, -0.2) is 9.97 Å². The van der Waals surface area contributed by atoms with Gasteiger partial charge in [0.2, 0.25) is 17.0 Å². The molecule has 0 saturated heterocycles. The van der Waals surface area contributed by atoms with Crippen molar-refractivity contribution < 1.29 is 14.3 Å². The van der Waals surface area contributed by atoms with E-state index in [1.54, 1.807) is 10.6 Å². The van der Waals surface area contributed by atoms with Crippen molar-refractivity contribution in [1.82, 2.24) is 14.5 Å². The summed E-state index contributed by atoms with van der Waals surface area (Å²) in [4.78, 5) is 36.1. The molecule has 0 aromatic carbocycles. The highest BCUT2D eigenvalue weighted by atomic mass is 79.9. The van der Waals surface area contributed by atoms with Crippen LogP contribution in [0.5, 0.6) is 0 Å². The van der Waals surface area contributed by atoms with Crippen molar-refractivity contribution in [3.8, 4) is 0 Å². The van der Waals surface area contributed by atoms with Crippen molar-refractivity contribution in [1.29, 1.82) is 0 Å². The summed E-state index contributed by atoms with van der Waals surface area (Å²) >= 11 is 3.39. The Labute approximate surface area is 210 Å². The van der Waals surface area contributed by atoms with Gasteiger partial charge < -0.3 is 14.0 Å². The van der Waals surface area contributed by atoms with Crippen LogP contribution in [-0.2, 0) is 16.0 Å². The van der Waals surface area contributed by atoms with E-state index in [4.69, 9.17) is 9.47 Å². The lowest BCUT2D eigenvalue weighted by molar-refractivity contribution is 0.0932. The maximum atomic E-state index is 13.5. The Morgan fingerprint density at radius 2 is 2.06 bits per heavy atom. The number of hydrogen-bond donors (Lipinski definition) is 0. The van der Waals surface area contributed by atoms with E-state index in [0.717, 1.165) is 35.4 Å². The number of rotatable bonds is 5. The Morgan fingerprint density at radius 3 is 2.83 bits per heavy atom. The maximum Gasteiger partial charge on any atom is 0.236 e. The number of pyridine rings is 3. The van der Waals surface area contributed by atoms with Gasteiger partial charge in [-0.1, -0.05) is 24.3 Å². The highest BCUT2D eigenvalue weighted by Gasteiger charge is 2.26. The number of fused-ring (bicyclic) bond motifs is 1. The van der Waals surface area contributed by atoms with Crippen LogP contribution < -0.4 is 5.43 Å². The molecule has 0 unspecified atom stereocenters. The zero-order valence-electron chi connectivity index (χ0n) is 19.2. The van der Waals surface area contributed by atoms with Gasteiger partial charge in [0.05, 0.1) is 23.2 Å². The summed E-state index contributed by atoms with van der Waals surface area (Å²) in [7, 11) is 0. The number of nitrogens with zero attached hydrogens (tertiary/aromatic N) is 3. The van der Waals surface area contributed by atoms with E-state index in [2.05, 4.69) is 32.0 Å². The van der Waals surface area contributed by atoms with Crippen molar-refractivity contribution >= 4 is 32.7 Å². The van der Waals surface area contributed by atoms with Crippen LogP contribution in [0.15, 0.2) is 87.7 Å². The SMILES string of the molecule is Cc1cc2c(=O)c(C(=O)C3=COC=C(C4=CC=CCC4)O3)cn(Cc3cccc(Br)n3)c2nc1C. The van der Waals surface area contributed by atoms with Crippen LogP contribution in [0.2, 0.25) is 0 Å². The van der Waals surface area contributed by atoms with Crippen LogP contribution in [0, 0.1) is 13.8 Å². The molecule has 2 aliphatic rings. The Hall–Kier alpha value is -3.78. The number of ketones is 1. The van der Waals surface area contributed by atoms with Crippen molar-refractivity contribution in [3.63, 3.8) is 0 Å². The second kappa shape index (κ2) is 9.46. The molecule has 7 nitrogen and oxygen atoms in total. The van der Waals surface area contributed by atoms with Gasteiger partial charge in [0.15, 0.2) is 5.76 Å². The summed E-state index contributed by atoms with van der Waals surface area (Å²) < 4.78 is 13.8. The van der Waals surface area contributed by atoms with Gasteiger partial charge in [0.25, 0.3) is 0 Å². The number of halogens is 1. The van der Waals surface area contributed by atoms with Crippen LogP contribution in [0.25, 0.3) is 11.0 Å². The third-order valence-corrected chi connectivity index (χ3v) is 6.41. The van der Waals surface area contributed by atoms with Gasteiger partial charge in [0, 0.05) is 11.9 Å². The largest absolute Gasteiger partial charge is 0.465 e. The number of allylic oxidation sites excluding steroid dienone is 5. The summed E-state index contributed by atoms with van der Waals surface area (Å²) in [5, 5.41) is 0.363. The van der Waals surface area contributed by atoms with Crippen LogP contribution in [0.3, 0.4) is 0 Å². The number of Topliss-reactive ketones (excluding diaryl/α,β-unsaturated/α-hetero) is 1. The minimum Gasteiger partial charge on any atom is -0.465 e. The lowest BCUT2D eigenvalue weighted by Gasteiger charge is -2.19. The smallest absolute Gasteiger partial charge is 0.236 e. The zero-order valence-corrected chi connectivity index (χ0v) is 20.8. The summed E-state index contributed by atoms with van der Waals surface area (Å²) in [5.41, 5.74) is 3.42. The number of aryl methyl sites for hydroxylation is 2.